The van der Waals surface area contributed by atoms with Gasteiger partial charge in [-0.3, -0.25) is 4.90 Å². The fourth-order valence-electron chi connectivity index (χ4n) is 3.16. The molecule has 0 aliphatic carbocycles. The molecule has 6 nitrogen and oxygen atoms in total. The average Bonchev–Trinajstić information content (AvgIpc) is 2.90. The van der Waals surface area contributed by atoms with E-state index in [1.165, 1.54) is 4.31 Å². The topological polar surface area (TPSA) is 74.8 Å². The summed E-state index contributed by atoms with van der Waals surface area (Å²) < 4.78 is 75.6. The summed E-state index contributed by atoms with van der Waals surface area (Å²) in [4.78, 5) is 1.71. The van der Waals surface area contributed by atoms with Crippen molar-refractivity contribution in [2.75, 3.05) is 37.7 Å². The number of rotatable bonds is 3. The number of hydrogen-bond acceptors (Lipinski definition) is 5. The van der Waals surface area contributed by atoms with Crippen molar-refractivity contribution in [3.05, 3.63) is 29.8 Å². The molecular formula is C14H18F2N2O4S2. The predicted octanol–water partition coefficient (Wildman–Crippen LogP) is 0.458. The quantitative estimate of drug-likeness (QED) is 0.762. The van der Waals surface area contributed by atoms with Crippen LogP contribution in [0.4, 0.5) is 8.78 Å². The maximum atomic E-state index is 13.3. The summed E-state index contributed by atoms with van der Waals surface area (Å²) in [7, 11) is -6.88. The largest absolute Gasteiger partial charge is 0.297 e. The molecule has 3 rings (SSSR count). The molecule has 2 fully saturated rings. The number of hydrogen-bond donors (Lipinski definition) is 0. The zero-order valence-electron chi connectivity index (χ0n) is 12.9. The van der Waals surface area contributed by atoms with E-state index in [4.69, 9.17) is 0 Å². The minimum atomic E-state index is -3.89. The molecule has 24 heavy (non-hydrogen) atoms. The third-order valence-corrected chi connectivity index (χ3v) is 8.17. The second-order valence-electron chi connectivity index (χ2n) is 6.07. The van der Waals surface area contributed by atoms with E-state index in [0.29, 0.717) is 25.6 Å². The SMILES string of the molecule is O=S1(=O)CC[C@@H](N2CCN(S(=O)(=O)c3ccc(F)c(F)c3)CC2)C1. The molecule has 2 heterocycles. The molecule has 0 bridgehead atoms. The molecule has 0 N–H and O–H groups in total. The van der Waals surface area contributed by atoms with Crippen molar-refractivity contribution >= 4 is 19.9 Å². The van der Waals surface area contributed by atoms with Crippen LogP contribution in [0.3, 0.4) is 0 Å². The van der Waals surface area contributed by atoms with E-state index in [1.54, 1.807) is 0 Å². The van der Waals surface area contributed by atoms with Crippen LogP contribution in [0.2, 0.25) is 0 Å². The van der Waals surface area contributed by atoms with Crippen molar-refractivity contribution in [1.82, 2.24) is 9.21 Å². The Morgan fingerprint density at radius 1 is 1.04 bits per heavy atom. The van der Waals surface area contributed by atoms with Crippen molar-refractivity contribution in [2.45, 2.75) is 17.4 Å². The highest BCUT2D eigenvalue weighted by Crippen LogP contribution is 2.23. The third-order valence-electron chi connectivity index (χ3n) is 4.53. The Labute approximate surface area is 140 Å². The summed E-state index contributed by atoms with van der Waals surface area (Å²) in [5.41, 5.74) is 0. The molecule has 1 aromatic carbocycles. The number of piperazine rings is 1. The molecular weight excluding hydrogens is 362 g/mol. The number of sulfonamides is 1. The molecule has 0 amide bonds. The number of sulfone groups is 1. The Balaban J connectivity index is 1.68. The van der Waals surface area contributed by atoms with Gasteiger partial charge in [0.2, 0.25) is 10.0 Å². The van der Waals surface area contributed by atoms with E-state index in [9.17, 15) is 25.6 Å². The Hall–Kier alpha value is -1.10. The van der Waals surface area contributed by atoms with Gasteiger partial charge in [0.15, 0.2) is 21.5 Å². The summed E-state index contributed by atoms with van der Waals surface area (Å²) >= 11 is 0. The summed E-state index contributed by atoms with van der Waals surface area (Å²) in [5, 5.41) is 0. The van der Waals surface area contributed by atoms with Gasteiger partial charge in [0.05, 0.1) is 16.4 Å². The smallest absolute Gasteiger partial charge is 0.243 e. The zero-order valence-corrected chi connectivity index (χ0v) is 14.5. The first-order chi connectivity index (χ1) is 11.2. The first kappa shape index (κ1) is 17.7. The van der Waals surface area contributed by atoms with Crippen LogP contribution in [0.1, 0.15) is 6.42 Å². The molecule has 134 valence electrons. The molecule has 1 aromatic rings. The lowest BCUT2D eigenvalue weighted by Crippen LogP contribution is -2.52. The zero-order chi connectivity index (χ0) is 17.5. The van der Waals surface area contributed by atoms with Gasteiger partial charge in [0.1, 0.15) is 0 Å². The fourth-order valence-corrected chi connectivity index (χ4v) is 6.35. The van der Waals surface area contributed by atoms with Crippen molar-refractivity contribution in [1.29, 1.82) is 0 Å². The first-order valence-electron chi connectivity index (χ1n) is 7.59. The van der Waals surface area contributed by atoms with E-state index in [0.717, 1.165) is 12.1 Å². The molecule has 1 atom stereocenters. The Bertz CT molecular complexity index is 834. The normalized spacial score (nSPS) is 25.8. The van der Waals surface area contributed by atoms with Gasteiger partial charge in [-0.25, -0.2) is 25.6 Å². The summed E-state index contributed by atoms with van der Waals surface area (Å²) in [5.74, 6) is -2.01. The van der Waals surface area contributed by atoms with Crippen molar-refractivity contribution in [3.8, 4) is 0 Å². The van der Waals surface area contributed by atoms with Crippen LogP contribution in [0.5, 0.6) is 0 Å². The summed E-state index contributed by atoms with van der Waals surface area (Å²) in [6.45, 7) is 1.22. The summed E-state index contributed by atoms with van der Waals surface area (Å²) in [6.07, 6.45) is 0.568. The average molecular weight is 380 g/mol. The Kier molecular flexibility index (Phi) is 4.67. The standard InChI is InChI=1S/C14H18F2N2O4S2/c15-13-2-1-12(9-14(13)16)24(21,22)18-6-4-17(5-7-18)11-3-8-23(19,20)10-11/h1-2,9,11H,3-8,10H2/t11-/m1/s1. The van der Waals surface area contributed by atoms with E-state index in [1.807, 2.05) is 4.90 Å². The van der Waals surface area contributed by atoms with Crippen LogP contribution in [-0.2, 0) is 19.9 Å². The van der Waals surface area contributed by atoms with E-state index < -0.39 is 31.5 Å². The van der Waals surface area contributed by atoms with Crippen LogP contribution in [-0.4, -0.2) is 69.8 Å². The van der Waals surface area contributed by atoms with Crippen molar-refractivity contribution < 1.29 is 25.6 Å². The second kappa shape index (κ2) is 6.32. The van der Waals surface area contributed by atoms with Crippen LogP contribution < -0.4 is 0 Å². The van der Waals surface area contributed by atoms with E-state index in [-0.39, 0.29) is 35.5 Å². The maximum absolute atomic E-state index is 13.3. The van der Waals surface area contributed by atoms with Crippen LogP contribution in [0.15, 0.2) is 23.1 Å². The highest BCUT2D eigenvalue weighted by molar-refractivity contribution is 7.91. The number of halogens is 2. The van der Waals surface area contributed by atoms with Gasteiger partial charge in [-0.05, 0) is 24.6 Å². The maximum Gasteiger partial charge on any atom is 0.243 e. The monoisotopic (exact) mass is 380 g/mol. The van der Waals surface area contributed by atoms with Gasteiger partial charge in [0, 0.05) is 32.2 Å². The lowest BCUT2D eigenvalue weighted by Gasteiger charge is -2.36. The Morgan fingerprint density at radius 3 is 2.25 bits per heavy atom. The minimum absolute atomic E-state index is 0.0666. The van der Waals surface area contributed by atoms with Gasteiger partial charge in [-0.1, -0.05) is 0 Å². The van der Waals surface area contributed by atoms with Gasteiger partial charge in [0.25, 0.3) is 0 Å². The molecule has 2 aliphatic heterocycles. The minimum Gasteiger partial charge on any atom is -0.297 e. The van der Waals surface area contributed by atoms with Crippen LogP contribution in [0, 0.1) is 11.6 Å². The second-order valence-corrected chi connectivity index (χ2v) is 10.2. The lowest BCUT2D eigenvalue weighted by molar-refractivity contribution is 0.148. The molecule has 0 aromatic heterocycles. The molecule has 2 saturated heterocycles. The first-order valence-corrected chi connectivity index (χ1v) is 10.8. The summed E-state index contributed by atoms with van der Waals surface area (Å²) in [6, 6.07) is 2.45. The van der Waals surface area contributed by atoms with Gasteiger partial charge < -0.3 is 0 Å². The van der Waals surface area contributed by atoms with E-state index in [2.05, 4.69) is 0 Å². The molecule has 2 aliphatic rings. The van der Waals surface area contributed by atoms with Crippen molar-refractivity contribution in [2.24, 2.45) is 0 Å². The van der Waals surface area contributed by atoms with Gasteiger partial charge in [-0.2, -0.15) is 4.31 Å². The van der Waals surface area contributed by atoms with E-state index >= 15 is 0 Å². The number of benzene rings is 1. The third kappa shape index (κ3) is 3.46. The van der Waals surface area contributed by atoms with Gasteiger partial charge >= 0.3 is 0 Å². The fraction of sp³-hybridized carbons (Fsp3) is 0.571. The Morgan fingerprint density at radius 2 is 1.71 bits per heavy atom. The molecule has 0 radical (unpaired) electrons. The van der Waals surface area contributed by atoms with Crippen molar-refractivity contribution in [3.63, 3.8) is 0 Å². The highest BCUT2D eigenvalue weighted by Gasteiger charge is 2.36. The molecule has 0 unspecified atom stereocenters. The van der Waals surface area contributed by atoms with Crippen LogP contribution in [0.25, 0.3) is 0 Å². The molecule has 0 saturated carbocycles. The highest BCUT2D eigenvalue weighted by atomic mass is 32.2. The molecule has 10 heteroatoms. The lowest BCUT2D eigenvalue weighted by atomic mass is 10.2. The number of nitrogens with zero attached hydrogens (tertiary/aromatic N) is 2. The van der Waals surface area contributed by atoms with Gasteiger partial charge in [-0.15, -0.1) is 0 Å². The predicted molar refractivity (Wildman–Crippen MR) is 83.7 cm³/mol. The van der Waals surface area contributed by atoms with Crippen LogP contribution >= 0.6 is 0 Å². The molecule has 0 spiro atoms.